The first-order chi connectivity index (χ1) is 11.9. The number of rotatable bonds is 2. The lowest BCUT2D eigenvalue weighted by atomic mass is 10.2. The summed E-state index contributed by atoms with van der Waals surface area (Å²) in [7, 11) is 0. The van der Waals surface area contributed by atoms with Gasteiger partial charge in [0.2, 0.25) is 0 Å². The molecule has 0 N–H and O–H groups in total. The molecule has 1 aliphatic carbocycles. The van der Waals surface area contributed by atoms with Gasteiger partial charge in [-0.2, -0.15) is 5.10 Å². The molecule has 6 nitrogen and oxygen atoms in total. The molecular formula is C17H18N6S. The number of anilines is 2. The highest BCUT2D eigenvalue weighted by Crippen LogP contribution is 2.29. The van der Waals surface area contributed by atoms with Gasteiger partial charge in [-0.05, 0) is 42.3 Å². The van der Waals surface area contributed by atoms with E-state index < -0.39 is 0 Å². The number of aryl methyl sites for hydroxylation is 2. The first-order valence-electron chi connectivity index (χ1n) is 8.42. The molecule has 4 heterocycles. The van der Waals surface area contributed by atoms with Crippen molar-refractivity contribution in [1.29, 1.82) is 0 Å². The van der Waals surface area contributed by atoms with Gasteiger partial charge in [0, 0.05) is 26.2 Å². The van der Waals surface area contributed by atoms with Crippen LogP contribution in [0.4, 0.5) is 11.6 Å². The van der Waals surface area contributed by atoms with Crippen molar-refractivity contribution in [2.75, 3.05) is 36.0 Å². The van der Waals surface area contributed by atoms with E-state index in [0.717, 1.165) is 56.2 Å². The lowest BCUT2D eigenvalue weighted by Crippen LogP contribution is -2.47. The van der Waals surface area contributed by atoms with E-state index in [1.54, 1.807) is 17.7 Å². The molecule has 1 fully saturated rings. The maximum Gasteiger partial charge on any atom is 0.151 e. The zero-order valence-corrected chi connectivity index (χ0v) is 14.2. The minimum absolute atomic E-state index is 0.947. The number of fused-ring (bicyclic) bond motifs is 2. The molecule has 0 radical (unpaired) electrons. The van der Waals surface area contributed by atoms with Gasteiger partial charge in [-0.3, -0.25) is 0 Å². The third-order valence-electron chi connectivity index (χ3n) is 4.93. The van der Waals surface area contributed by atoms with Crippen LogP contribution in [0.5, 0.6) is 0 Å². The van der Waals surface area contributed by atoms with Crippen LogP contribution in [0.1, 0.15) is 17.7 Å². The molecule has 2 aliphatic rings. The summed E-state index contributed by atoms with van der Waals surface area (Å²) in [5, 5.41) is 11.0. The number of piperazine rings is 1. The summed E-state index contributed by atoms with van der Waals surface area (Å²) in [5.41, 5.74) is 3.62. The minimum atomic E-state index is 0.947. The fraction of sp³-hybridized carbons (Fsp3) is 0.412. The van der Waals surface area contributed by atoms with Crippen molar-refractivity contribution in [2.24, 2.45) is 0 Å². The molecule has 0 amide bonds. The molecule has 0 spiro atoms. The van der Waals surface area contributed by atoms with E-state index in [2.05, 4.69) is 47.5 Å². The molecule has 5 rings (SSSR count). The Morgan fingerprint density at radius 1 is 0.958 bits per heavy atom. The highest BCUT2D eigenvalue weighted by atomic mass is 32.1. The number of nitrogens with zero attached hydrogens (tertiary/aromatic N) is 6. The lowest BCUT2D eigenvalue weighted by molar-refractivity contribution is 0.638. The van der Waals surface area contributed by atoms with Crippen molar-refractivity contribution in [1.82, 2.24) is 20.2 Å². The quantitative estimate of drug-likeness (QED) is 0.715. The van der Waals surface area contributed by atoms with Crippen molar-refractivity contribution >= 4 is 33.2 Å². The highest BCUT2D eigenvalue weighted by Gasteiger charge is 2.23. The van der Waals surface area contributed by atoms with Crippen LogP contribution >= 0.6 is 11.3 Å². The summed E-state index contributed by atoms with van der Waals surface area (Å²) in [6.45, 7) is 3.79. The standard InChI is InChI=1S/C17H18N6S/c1-2-12-10-15(21-20-13(12)3-1)22-5-7-23(8-6-22)17-16-14(4-9-24-16)18-11-19-17/h4,9-11H,1-3,5-8H2. The fourth-order valence-corrected chi connectivity index (χ4v) is 4.48. The van der Waals surface area contributed by atoms with E-state index in [1.165, 1.54) is 22.4 Å². The van der Waals surface area contributed by atoms with Gasteiger partial charge in [0.05, 0.1) is 15.9 Å². The summed E-state index contributed by atoms with van der Waals surface area (Å²) in [5.74, 6) is 2.09. The normalized spacial score (nSPS) is 17.5. The first kappa shape index (κ1) is 14.1. The van der Waals surface area contributed by atoms with Gasteiger partial charge in [0.15, 0.2) is 5.82 Å². The van der Waals surface area contributed by atoms with E-state index >= 15 is 0 Å². The molecule has 122 valence electrons. The third kappa shape index (κ3) is 2.31. The Bertz CT molecular complexity index is 884. The minimum Gasteiger partial charge on any atom is -0.352 e. The third-order valence-corrected chi connectivity index (χ3v) is 5.83. The highest BCUT2D eigenvalue weighted by molar-refractivity contribution is 7.17. The van der Waals surface area contributed by atoms with Gasteiger partial charge >= 0.3 is 0 Å². The van der Waals surface area contributed by atoms with Crippen LogP contribution in [0.15, 0.2) is 23.8 Å². The predicted octanol–water partition coefficient (Wildman–Crippen LogP) is 2.30. The number of thiophene rings is 1. The molecule has 0 atom stereocenters. The Kier molecular flexibility index (Phi) is 3.33. The molecule has 3 aromatic heterocycles. The second-order valence-corrected chi connectivity index (χ2v) is 7.25. The first-order valence-corrected chi connectivity index (χ1v) is 9.30. The topological polar surface area (TPSA) is 58.0 Å². The maximum atomic E-state index is 4.53. The van der Waals surface area contributed by atoms with Gasteiger partial charge in [-0.15, -0.1) is 16.4 Å². The number of hydrogen-bond donors (Lipinski definition) is 0. The van der Waals surface area contributed by atoms with E-state index in [9.17, 15) is 0 Å². The van der Waals surface area contributed by atoms with Crippen LogP contribution in [0.2, 0.25) is 0 Å². The van der Waals surface area contributed by atoms with Crippen LogP contribution in [0.25, 0.3) is 10.2 Å². The Morgan fingerprint density at radius 3 is 2.75 bits per heavy atom. The molecule has 24 heavy (non-hydrogen) atoms. The summed E-state index contributed by atoms with van der Waals surface area (Å²) < 4.78 is 1.18. The average Bonchev–Trinajstić information content (AvgIpc) is 3.30. The van der Waals surface area contributed by atoms with Crippen molar-refractivity contribution in [3.05, 3.63) is 35.1 Å². The Labute approximate surface area is 144 Å². The Morgan fingerprint density at radius 2 is 1.83 bits per heavy atom. The molecule has 1 saturated heterocycles. The molecule has 0 saturated carbocycles. The average molecular weight is 338 g/mol. The van der Waals surface area contributed by atoms with Crippen molar-refractivity contribution in [3.8, 4) is 0 Å². The molecular weight excluding hydrogens is 320 g/mol. The van der Waals surface area contributed by atoms with Crippen LogP contribution in [0.3, 0.4) is 0 Å². The van der Waals surface area contributed by atoms with Gasteiger partial charge in [0.1, 0.15) is 12.1 Å². The second kappa shape index (κ2) is 5.66. The zero-order valence-electron chi connectivity index (χ0n) is 13.4. The monoisotopic (exact) mass is 338 g/mol. The lowest BCUT2D eigenvalue weighted by Gasteiger charge is -2.36. The Balaban J connectivity index is 1.35. The van der Waals surface area contributed by atoms with Crippen molar-refractivity contribution in [3.63, 3.8) is 0 Å². The molecule has 0 unspecified atom stereocenters. The molecule has 1 aliphatic heterocycles. The van der Waals surface area contributed by atoms with Gasteiger partial charge in [0.25, 0.3) is 0 Å². The predicted molar refractivity (Wildman–Crippen MR) is 95.9 cm³/mol. The van der Waals surface area contributed by atoms with E-state index in [4.69, 9.17) is 0 Å². The summed E-state index contributed by atoms with van der Waals surface area (Å²) in [4.78, 5) is 13.6. The number of aromatic nitrogens is 4. The van der Waals surface area contributed by atoms with E-state index in [-0.39, 0.29) is 0 Å². The van der Waals surface area contributed by atoms with Crippen molar-refractivity contribution in [2.45, 2.75) is 19.3 Å². The summed E-state index contributed by atoms with van der Waals surface area (Å²) in [6.07, 6.45) is 5.12. The molecule has 0 aromatic carbocycles. The zero-order chi connectivity index (χ0) is 15.9. The van der Waals surface area contributed by atoms with Crippen LogP contribution < -0.4 is 9.80 Å². The molecule has 0 bridgehead atoms. The fourth-order valence-electron chi connectivity index (χ4n) is 3.62. The largest absolute Gasteiger partial charge is 0.352 e. The van der Waals surface area contributed by atoms with Gasteiger partial charge < -0.3 is 9.80 Å². The van der Waals surface area contributed by atoms with Gasteiger partial charge in [-0.1, -0.05) is 0 Å². The summed E-state index contributed by atoms with van der Waals surface area (Å²) in [6, 6.07) is 4.30. The van der Waals surface area contributed by atoms with E-state index in [1.807, 2.05) is 0 Å². The summed E-state index contributed by atoms with van der Waals surface area (Å²) >= 11 is 1.72. The van der Waals surface area contributed by atoms with E-state index in [0.29, 0.717) is 0 Å². The smallest absolute Gasteiger partial charge is 0.151 e. The van der Waals surface area contributed by atoms with Crippen molar-refractivity contribution < 1.29 is 0 Å². The maximum absolute atomic E-state index is 4.53. The molecule has 7 heteroatoms. The van der Waals surface area contributed by atoms with Crippen LogP contribution in [-0.2, 0) is 12.8 Å². The second-order valence-electron chi connectivity index (χ2n) is 6.33. The Hall–Kier alpha value is -2.28. The van der Waals surface area contributed by atoms with Crippen LogP contribution in [-0.4, -0.2) is 46.3 Å². The number of hydrogen-bond acceptors (Lipinski definition) is 7. The van der Waals surface area contributed by atoms with Crippen LogP contribution in [0, 0.1) is 0 Å². The van der Waals surface area contributed by atoms with Gasteiger partial charge in [-0.25, -0.2) is 9.97 Å². The molecule has 3 aromatic rings. The SMILES string of the molecule is c1nc(N2CCN(c3cc4c(nn3)CCC4)CC2)c2sccc2n1.